The van der Waals surface area contributed by atoms with Crippen LogP contribution in [0.15, 0.2) is 50.1 Å². The van der Waals surface area contributed by atoms with Gasteiger partial charge in [-0.1, -0.05) is 18.2 Å². The van der Waals surface area contributed by atoms with Crippen LogP contribution in [0.4, 0.5) is 5.69 Å². The van der Waals surface area contributed by atoms with Gasteiger partial charge in [-0.3, -0.25) is 0 Å². The van der Waals surface area contributed by atoms with Crippen LogP contribution in [0.5, 0.6) is 0 Å². The Labute approximate surface area is 154 Å². The second kappa shape index (κ2) is 5.21. The number of benzene rings is 2. The summed E-state index contributed by atoms with van der Waals surface area (Å²) < 4.78 is 6.76. The molecule has 0 amide bonds. The molecule has 2 atom stereocenters. The summed E-state index contributed by atoms with van der Waals surface area (Å²) in [4.78, 5) is 14.4. The summed E-state index contributed by atoms with van der Waals surface area (Å²) >= 11 is 3.71. The van der Waals surface area contributed by atoms with Crippen LogP contribution in [0.2, 0.25) is 0 Å². The molecule has 0 saturated carbocycles. The van der Waals surface area contributed by atoms with E-state index in [2.05, 4.69) is 58.1 Å². The predicted octanol–water partition coefficient (Wildman–Crippen LogP) is 4.53. The van der Waals surface area contributed by atoms with Crippen LogP contribution >= 0.6 is 15.9 Å². The molecule has 3 aromatic rings. The zero-order valence-corrected chi connectivity index (χ0v) is 15.8. The van der Waals surface area contributed by atoms with Gasteiger partial charge >= 0.3 is 5.63 Å². The fourth-order valence-electron chi connectivity index (χ4n) is 4.31. The number of hydrogen-bond donors (Lipinski definition) is 0. The lowest BCUT2D eigenvalue weighted by atomic mass is 9.89. The highest BCUT2D eigenvalue weighted by molar-refractivity contribution is 9.10. The van der Waals surface area contributed by atoms with Crippen LogP contribution < -0.4 is 10.5 Å². The molecule has 0 bridgehead atoms. The van der Waals surface area contributed by atoms with E-state index >= 15 is 0 Å². The van der Waals surface area contributed by atoms with Crippen LogP contribution in [0.3, 0.4) is 0 Å². The van der Waals surface area contributed by atoms with E-state index in [0.717, 1.165) is 33.8 Å². The third-order valence-electron chi connectivity index (χ3n) is 5.61. The van der Waals surface area contributed by atoms with Crippen molar-refractivity contribution in [1.82, 2.24) is 0 Å². The molecule has 3 nitrogen and oxygen atoms in total. The summed E-state index contributed by atoms with van der Waals surface area (Å²) in [5, 5.41) is 1.06. The van der Waals surface area contributed by atoms with Gasteiger partial charge in [0.25, 0.3) is 0 Å². The highest BCUT2D eigenvalue weighted by Gasteiger charge is 2.51. The van der Waals surface area contributed by atoms with E-state index in [-0.39, 0.29) is 5.63 Å². The zero-order valence-electron chi connectivity index (χ0n) is 14.2. The van der Waals surface area contributed by atoms with Crippen molar-refractivity contribution in [2.75, 3.05) is 4.90 Å². The van der Waals surface area contributed by atoms with Gasteiger partial charge in [0.2, 0.25) is 0 Å². The summed E-state index contributed by atoms with van der Waals surface area (Å²) in [6, 6.07) is 13.4. The molecule has 4 heteroatoms. The first kappa shape index (κ1) is 15.2. The van der Waals surface area contributed by atoms with Gasteiger partial charge in [0.15, 0.2) is 0 Å². The summed E-state index contributed by atoms with van der Waals surface area (Å²) in [7, 11) is 0. The van der Waals surface area contributed by atoms with Crippen molar-refractivity contribution >= 4 is 32.6 Å². The second-order valence-corrected chi connectivity index (χ2v) is 8.09. The van der Waals surface area contributed by atoms with Gasteiger partial charge in [-0.25, -0.2) is 4.79 Å². The Kier molecular flexibility index (Phi) is 3.17. The van der Waals surface area contributed by atoms with Gasteiger partial charge in [0.05, 0.1) is 17.8 Å². The molecule has 0 spiro atoms. The summed E-state index contributed by atoms with van der Waals surface area (Å²) in [6.45, 7) is 4.08. The van der Waals surface area contributed by atoms with Gasteiger partial charge < -0.3 is 9.32 Å². The van der Waals surface area contributed by atoms with Gasteiger partial charge in [-0.15, -0.1) is 0 Å². The van der Waals surface area contributed by atoms with Gasteiger partial charge in [0, 0.05) is 21.5 Å². The highest BCUT2D eigenvalue weighted by Crippen LogP contribution is 2.47. The van der Waals surface area contributed by atoms with Crippen molar-refractivity contribution in [2.45, 2.75) is 38.8 Å². The lowest BCUT2D eigenvalue weighted by Crippen LogP contribution is -2.13. The molecule has 1 aromatic heterocycles. The van der Waals surface area contributed by atoms with E-state index in [1.807, 2.05) is 6.92 Å². The minimum atomic E-state index is -0.255. The SMILES string of the molecule is Cc1ccc(N2[C@@H]3Cc4ccc5c(C)cc(=O)oc5c4C[C@@H]32)c(Br)c1. The number of hydrogen-bond acceptors (Lipinski definition) is 3. The minimum absolute atomic E-state index is 0.255. The molecule has 0 unspecified atom stereocenters. The summed E-state index contributed by atoms with van der Waals surface area (Å²) in [5.74, 6) is 0. The van der Waals surface area contributed by atoms with Crippen LogP contribution in [0.1, 0.15) is 22.3 Å². The normalized spacial score (nSPS) is 21.2. The second-order valence-electron chi connectivity index (χ2n) is 7.23. The average molecular weight is 396 g/mol. The van der Waals surface area contributed by atoms with E-state index in [1.54, 1.807) is 6.07 Å². The number of anilines is 1. The van der Waals surface area contributed by atoms with E-state index in [4.69, 9.17) is 4.42 Å². The smallest absolute Gasteiger partial charge is 0.336 e. The van der Waals surface area contributed by atoms with Crippen molar-refractivity contribution < 1.29 is 4.42 Å². The molecular formula is C21H18BrNO2. The van der Waals surface area contributed by atoms with Crippen molar-refractivity contribution in [3.05, 3.63) is 73.5 Å². The number of halogens is 1. The first-order valence-corrected chi connectivity index (χ1v) is 9.42. The van der Waals surface area contributed by atoms with Gasteiger partial charge in [-0.05, 0) is 71.4 Å². The molecule has 1 saturated heterocycles. The molecule has 0 N–H and O–H groups in total. The fourth-order valence-corrected chi connectivity index (χ4v) is 5.01. The maximum absolute atomic E-state index is 11.9. The molecule has 25 heavy (non-hydrogen) atoms. The highest BCUT2D eigenvalue weighted by atomic mass is 79.9. The fraction of sp³-hybridized carbons (Fsp3) is 0.286. The topological polar surface area (TPSA) is 33.2 Å². The summed E-state index contributed by atoms with van der Waals surface area (Å²) in [5.41, 5.74) is 6.57. The molecule has 2 aromatic carbocycles. The van der Waals surface area contributed by atoms with Crippen molar-refractivity contribution in [3.63, 3.8) is 0 Å². The zero-order chi connectivity index (χ0) is 17.3. The molecule has 1 aliphatic heterocycles. The lowest BCUT2D eigenvalue weighted by molar-refractivity contribution is 0.553. The molecular weight excluding hydrogens is 378 g/mol. The number of rotatable bonds is 1. The largest absolute Gasteiger partial charge is 0.422 e. The first-order valence-electron chi connectivity index (χ1n) is 8.62. The Morgan fingerprint density at radius 2 is 1.88 bits per heavy atom. The average Bonchev–Trinajstić information content (AvgIpc) is 3.25. The first-order chi connectivity index (χ1) is 12.0. The summed E-state index contributed by atoms with van der Waals surface area (Å²) in [6.07, 6.45) is 1.94. The number of nitrogens with zero attached hydrogens (tertiary/aromatic N) is 1. The van der Waals surface area contributed by atoms with E-state index < -0.39 is 0 Å². The van der Waals surface area contributed by atoms with Crippen molar-refractivity contribution in [2.24, 2.45) is 0 Å². The molecule has 1 aliphatic carbocycles. The van der Waals surface area contributed by atoms with Gasteiger partial charge in [-0.2, -0.15) is 0 Å². The monoisotopic (exact) mass is 395 g/mol. The lowest BCUT2D eigenvalue weighted by Gasteiger charge is -2.14. The Balaban J connectivity index is 1.57. The van der Waals surface area contributed by atoms with Crippen LogP contribution in [0, 0.1) is 13.8 Å². The molecule has 1 fully saturated rings. The molecule has 126 valence electrons. The van der Waals surface area contributed by atoms with E-state index in [1.165, 1.54) is 22.4 Å². The standard InChI is InChI=1S/C21H18BrNO2/c1-11-3-6-17(16(22)7-11)23-18-9-13-4-5-14-12(2)8-20(24)25-21(14)15(13)10-19(18)23/h3-8,18-19H,9-10H2,1-2H3/t18-,19+,23?/m1/s1. The van der Waals surface area contributed by atoms with Crippen molar-refractivity contribution in [3.8, 4) is 0 Å². The Morgan fingerprint density at radius 3 is 2.68 bits per heavy atom. The third-order valence-corrected chi connectivity index (χ3v) is 6.25. The quantitative estimate of drug-likeness (QED) is 0.448. The van der Waals surface area contributed by atoms with Crippen LogP contribution in [-0.2, 0) is 12.8 Å². The molecule has 5 rings (SSSR count). The Morgan fingerprint density at radius 1 is 1.08 bits per heavy atom. The third kappa shape index (κ3) is 2.27. The molecule has 2 aliphatic rings. The maximum atomic E-state index is 11.9. The molecule has 2 heterocycles. The van der Waals surface area contributed by atoms with Crippen LogP contribution in [-0.4, -0.2) is 12.1 Å². The minimum Gasteiger partial charge on any atom is -0.422 e. The molecule has 0 radical (unpaired) electrons. The number of fused-ring (bicyclic) bond motifs is 4. The predicted molar refractivity (Wildman–Crippen MR) is 104 cm³/mol. The van der Waals surface area contributed by atoms with Gasteiger partial charge in [0.1, 0.15) is 5.58 Å². The van der Waals surface area contributed by atoms with Crippen LogP contribution in [0.25, 0.3) is 11.0 Å². The number of aryl methyl sites for hydroxylation is 2. The van der Waals surface area contributed by atoms with E-state index in [9.17, 15) is 4.79 Å². The van der Waals surface area contributed by atoms with E-state index in [0.29, 0.717) is 12.1 Å². The van der Waals surface area contributed by atoms with Crippen molar-refractivity contribution in [1.29, 1.82) is 0 Å². The maximum Gasteiger partial charge on any atom is 0.336 e. The Hall–Kier alpha value is -2.07. The Bertz CT molecular complexity index is 1090.